The van der Waals surface area contributed by atoms with Crippen LogP contribution in [-0.4, -0.2) is 29.3 Å². The number of carbonyl (C=O) groups excluding carboxylic acids is 1. The predicted molar refractivity (Wildman–Crippen MR) is 94.2 cm³/mol. The van der Waals surface area contributed by atoms with Crippen molar-refractivity contribution < 1.29 is 9.53 Å². The molecule has 3 saturated carbocycles. The second kappa shape index (κ2) is 5.61. The van der Waals surface area contributed by atoms with E-state index in [1.54, 1.807) is 6.20 Å². The predicted octanol–water partition coefficient (Wildman–Crippen LogP) is 3.26. The third kappa shape index (κ3) is 2.44. The Morgan fingerprint density at radius 3 is 2.84 bits per heavy atom. The van der Waals surface area contributed by atoms with E-state index in [-0.39, 0.29) is 12.5 Å². The van der Waals surface area contributed by atoms with Crippen molar-refractivity contribution in [3.8, 4) is 5.75 Å². The summed E-state index contributed by atoms with van der Waals surface area (Å²) in [6.45, 7) is 0.809. The number of aromatic nitrogens is 2. The molecule has 25 heavy (non-hydrogen) atoms. The molecule has 5 nitrogen and oxygen atoms in total. The van der Waals surface area contributed by atoms with Crippen molar-refractivity contribution in [2.75, 3.05) is 18.1 Å². The highest BCUT2D eigenvalue weighted by Gasteiger charge is 2.70. The number of benzene rings is 1. The van der Waals surface area contributed by atoms with Crippen LogP contribution >= 0.6 is 0 Å². The molecule has 0 radical (unpaired) electrons. The van der Waals surface area contributed by atoms with Crippen molar-refractivity contribution in [3.05, 3.63) is 42.6 Å². The van der Waals surface area contributed by atoms with E-state index in [0.29, 0.717) is 17.2 Å². The van der Waals surface area contributed by atoms with E-state index >= 15 is 0 Å². The molecule has 3 aliphatic carbocycles. The number of hydrogen-bond donors (Lipinski definition) is 1. The highest BCUT2D eigenvalue weighted by molar-refractivity contribution is 5.93. The van der Waals surface area contributed by atoms with E-state index in [1.807, 2.05) is 41.3 Å². The van der Waals surface area contributed by atoms with Crippen LogP contribution in [0.15, 0.2) is 42.6 Å². The number of hydrogen-bond acceptors (Lipinski definition) is 3. The topological polar surface area (TPSA) is 58.2 Å². The largest absolute Gasteiger partial charge is 0.484 e. The van der Waals surface area contributed by atoms with E-state index in [4.69, 9.17) is 4.74 Å². The summed E-state index contributed by atoms with van der Waals surface area (Å²) >= 11 is 0. The van der Waals surface area contributed by atoms with Gasteiger partial charge >= 0.3 is 0 Å². The fourth-order valence-corrected chi connectivity index (χ4v) is 5.38. The molecule has 1 N–H and O–H groups in total. The second-order valence-electron chi connectivity index (χ2n) is 7.82. The highest BCUT2D eigenvalue weighted by atomic mass is 16.5. The van der Waals surface area contributed by atoms with Crippen molar-refractivity contribution in [2.24, 2.45) is 23.2 Å². The summed E-state index contributed by atoms with van der Waals surface area (Å²) in [5.41, 5.74) is 0.672. The van der Waals surface area contributed by atoms with Gasteiger partial charge < -0.3 is 4.74 Å². The Morgan fingerprint density at radius 1 is 1.24 bits per heavy atom. The summed E-state index contributed by atoms with van der Waals surface area (Å²) in [5.74, 6) is 3.82. The minimum absolute atomic E-state index is 0.0257. The number of nitrogens with zero attached hydrogens (tertiary/aromatic N) is 2. The maximum atomic E-state index is 12.8. The number of nitrogens with one attached hydrogen (secondary N) is 1. The zero-order valence-electron chi connectivity index (χ0n) is 14.2. The number of para-hydroxylation sites is 1. The van der Waals surface area contributed by atoms with Crippen LogP contribution < -0.4 is 9.64 Å². The van der Waals surface area contributed by atoms with Gasteiger partial charge in [-0.3, -0.25) is 14.8 Å². The number of H-pyrrole nitrogens is 1. The maximum absolute atomic E-state index is 12.8. The third-order valence-electron chi connectivity index (χ3n) is 6.64. The van der Waals surface area contributed by atoms with E-state index in [2.05, 4.69) is 10.2 Å². The first kappa shape index (κ1) is 15.0. The van der Waals surface area contributed by atoms with Gasteiger partial charge in [-0.15, -0.1) is 0 Å². The normalized spacial score (nSPS) is 31.6. The molecule has 1 amide bonds. The molecule has 130 valence electrons. The molecule has 1 spiro atoms. The van der Waals surface area contributed by atoms with Gasteiger partial charge in [0, 0.05) is 18.8 Å². The molecule has 0 bridgehead atoms. The van der Waals surface area contributed by atoms with Crippen LogP contribution in [0.2, 0.25) is 0 Å². The molecule has 1 aromatic heterocycles. The van der Waals surface area contributed by atoms with Gasteiger partial charge in [0.05, 0.1) is 0 Å². The number of ether oxygens (including phenoxy) is 1. The van der Waals surface area contributed by atoms with Crippen molar-refractivity contribution in [2.45, 2.75) is 25.7 Å². The van der Waals surface area contributed by atoms with Crippen molar-refractivity contribution in [1.82, 2.24) is 10.2 Å². The van der Waals surface area contributed by atoms with Crippen LogP contribution in [0.3, 0.4) is 0 Å². The molecule has 1 aromatic carbocycles. The van der Waals surface area contributed by atoms with Crippen molar-refractivity contribution in [1.29, 1.82) is 0 Å². The zero-order valence-corrected chi connectivity index (χ0v) is 14.2. The molecule has 0 aliphatic heterocycles. The molecular weight excluding hydrogens is 314 g/mol. The van der Waals surface area contributed by atoms with Gasteiger partial charge in [-0.1, -0.05) is 18.2 Å². The summed E-state index contributed by atoms with van der Waals surface area (Å²) < 4.78 is 5.67. The first-order valence-corrected chi connectivity index (χ1v) is 9.24. The lowest BCUT2D eigenvalue weighted by Crippen LogP contribution is -2.47. The first-order chi connectivity index (χ1) is 12.3. The van der Waals surface area contributed by atoms with Crippen LogP contribution in [0, 0.1) is 23.2 Å². The van der Waals surface area contributed by atoms with Crippen LogP contribution in [0.4, 0.5) is 5.82 Å². The van der Waals surface area contributed by atoms with E-state index < -0.39 is 0 Å². The lowest BCUT2D eigenvalue weighted by Gasteiger charge is -2.45. The molecular formula is C20H23N3O2. The molecule has 0 saturated heterocycles. The van der Waals surface area contributed by atoms with Gasteiger partial charge in [-0.2, -0.15) is 5.10 Å². The van der Waals surface area contributed by atoms with Gasteiger partial charge in [0.1, 0.15) is 5.75 Å². The Balaban J connectivity index is 1.26. The SMILES string of the molecule is O=C(COc1ccccc1)N(CC1CC23CC2CCC13)c1cc[nH]n1. The van der Waals surface area contributed by atoms with E-state index in [0.717, 1.165) is 24.1 Å². The first-order valence-electron chi connectivity index (χ1n) is 9.24. The molecule has 4 atom stereocenters. The third-order valence-corrected chi connectivity index (χ3v) is 6.64. The van der Waals surface area contributed by atoms with Crippen LogP contribution in [0.5, 0.6) is 5.75 Å². The Hall–Kier alpha value is -2.30. The highest BCUT2D eigenvalue weighted by Crippen LogP contribution is 2.77. The fraction of sp³-hybridized carbons (Fsp3) is 0.500. The minimum Gasteiger partial charge on any atom is -0.484 e. The minimum atomic E-state index is -0.0257. The molecule has 2 aromatic rings. The molecule has 3 aliphatic rings. The Labute approximate surface area is 147 Å². The van der Waals surface area contributed by atoms with Crippen LogP contribution in [-0.2, 0) is 4.79 Å². The lowest BCUT2D eigenvalue weighted by atomic mass is 9.62. The Bertz CT molecular complexity index is 759. The van der Waals surface area contributed by atoms with E-state index in [9.17, 15) is 4.79 Å². The van der Waals surface area contributed by atoms with E-state index in [1.165, 1.54) is 25.7 Å². The molecule has 5 rings (SSSR count). The number of anilines is 1. The van der Waals surface area contributed by atoms with Gasteiger partial charge in [-0.05, 0) is 61.0 Å². The summed E-state index contributed by atoms with van der Waals surface area (Å²) in [6, 6.07) is 11.4. The summed E-state index contributed by atoms with van der Waals surface area (Å²) in [7, 11) is 0. The summed E-state index contributed by atoms with van der Waals surface area (Å²) in [6.07, 6.45) is 7.23. The zero-order chi connectivity index (χ0) is 16.9. The second-order valence-corrected chi connectivity index (χ2v) is 7.82. The standard InChI is InChI=1S/C20H23N3O2/c24-19(13-25-16-4-2-1-3-5-16)23(18-8-9-21-22-18)12-14-10-20-11-15(20)6-7-17(14)20/h1-5,8-9,14-15,17H,6-7,10-13H2,(H,21,22). The Kier molecular flexibility index (Phi) is 3.37. The number of amides is 1. The van der Waals surface area contributed by atoms with Gasteiger partial charge in [-0.25, -0.2) is 0 Å². The monoisotopic (exact) mass is 337 g/mol. The van der Waals surface area contributed by atoms with Crippen LogP contribution in [0.25, 0.3) is 0 Å². The fourth-order valence-electron chi connectivity index (χ4n) is 5.38. The van der Waals surface area contributed by atoms with Gasteiger partial charge in [0.25, 0.3) is 5.91 Å². The molecule has 5 heteroatoms. The maximum Gasteiger partial charge on any atom is 0.266 e. The quantitative estimate of drug-likeness (QED) is 0.880. The van der Waals surface area contributed by atoms with Gasteiger partial charge in [0.2, 0.25) is 0 Å². The molecule has 4 unspecified atom stereocenters. The average molecular weight is 337 g/mol. The Morgan fingerprint density at radius 2 is 2.12 bits per heavy atom. The smallest absolute Gasteiger partial charge is 0.266 e. The van der Waals surface area contributed by atoms with Crippen molar-refractivity contribution >= 4 is 11.7 Å². The summed E-state index contributed by atoms with van der Waals surface area (Å²) in [4.78, 5) is 14.6. The average Bonchev–Trinajstić information content (AvgIpc) is 3.00. The summed E-state index contributed by atoms with van der Waals surface area (Å²) in [5, 5.41) is 7.07. The molecule has 1 heterocycles. The number of aromatic amines is 1. The lowest BCUT2D eigenvalue weighted by molar-refractivity contribution is -0.121. The number of rotatable bonds is 6. The van der Waals surface area contributed by atoms with Crippen molar-refractivity contribution in [3.63, 3.8) is 0 Å². The molecule has 3 fully saturated rings. The van der Waals surface area contributed by atoms with Gasteiger partial charge in [0.15, 0.2) is 12.4 Å². The number of carbonyl (C=O) groups is 1. The van der Waals surface area contributed by atoms with Crippen LogP contribution in [0.1, 0.15) is 25.7 Å².